The van der Waals surface area contributed by atoms with E-state index in [1.54, 1.807) is 0 Å². The van der Waals surface area contributed by atoms with Gasteiger partial charge in [0.1, 0.15) is 0 Å². The Morgan fingerprint density at radius 2 is 1.85 bits per heavy atom. The van der Waals surface area contributed by atoms with Gasteiger partial charge in [0.2, 0.25) is 0 Å². The van der Waals surface area contributed by atoms with E-state index in [1.165, 1.54) is 18.2 Å². The number of nitro benzene ring substituents is 1. The highest BCUT2D eigenvalue weighted by Gasteiger charge is 2.41. The maximum absolute atomic E-state index is 12.1. The normalized spacial score (nSPS) is 20.4. The monoisotopic (exact) mass is 268 g/mol. The predicted octanol–water partition coefficient (Wildman–Crippen LogP) is 2.60. The first kappa shape index (κ1) is 12.3. The van der Waals surface area contributed by atoms with Crippen LogP contribution in [-0.2, 0) is 5.54 Å². The molecule has 1 unspecified atom stereocenters. The van der Waals surface area contributed by atoms with Gasteiger partial charge in [0.05, 0.1) is 10.5 Å². The standard InChI is InChI=1S/C15H12N2O3/c1-15(10-5-3-2-4-6-10)13-9-11(17(19)20)7-8-12(13)14(18)16-15/h2-9H,1H3,(H,16,18). The molecule has 0 aliphatic carbocycles. The van der Waals surface area contributed by atoms with Gasteiger partial charge in [-0.2, -0.15) is 0 Å². The van der Waals surface area contributed by atoms with Gasteiger partial charge in [-0.25, -0.2) is 0 Å². The fourth-order valence-corrected chi connectivity index (χ4v) is 2.62. The van der Waals surface area contributed by atoms with E-state index in [4.69, 9.17) is 0 Å². The topological polar surface area (TPSA) is 72.2 Å². The molecule has 3 rings (SSSR count). The molecule has 100 valence electrons. The predicted molar refractivity (Wildman–Crippen MR) is 73.5 cm³/mol. The van der Waals surface area contributed by atoms with E-state index in [0.717, 1.165) is 5.56 Å². The number of carbonyl (C=O) groups is 1. The van der Waals surface area contributed by atoms with Crippen molar-refractivity contribution in [2.45, 2.75) is 12.5 Å². The summed E-state index contributed by atoms with van der Waals surface area (Å²) in [6.07, 6.45) is 0. The summed E-state index contributed by atoms with van der Waals surface area (Å²) in [6, 6.07) is 13.8. The molecule has 1 aliphatic heterocycles. The average Bonchev–Trinajstić information content (AvgIpc) is 2.72. The smallest absolute Gasteiger partial charge is 0.269 e. The molecule has 1 aliphatic rings. The van der Waals surface area contributed by atoms with Crippen molar-refractivity contribution in [3.8, 4) is 0 Å². The van der Waals surface area contributed by atoms with Crippen LogP contribution in [0.25, 0.3) is 0 Å². The number of nitrogens with one attached hydrogen (secondary N) is 1. The number of carbonyl (C=O) groups excluding carboxylic acids is 1. The van der Waals surface area contributed by atoms with Gasteiger partial charge in [-0.3, -0.25) is 14.9 Å². The Labute approximate surface area is 115 Å². The Hall–Kier alpha value is -2.69. The molecular weight excluding hydrogens is 256 g/mol. The third kappa shape index (κ3) is 1.67. The van der Waals surface area contributed by atoms with Crippen molar-refractivity contribution >= 4 is 11.6 Å². The number of nitro groups is 1. The second-order valence-electron chi connectivity index (χ2n) is 4.93. The number of fused-ring (bicyclic) bond motifs is 1. The van der Waals surface area contributed by atoms with Crippen molar-refractivity contribution in [1.29, 1.82) is 0 Å². The van der Waals surface area contributed by atoms with Gasteiger partial charge in [0.15, 0.2) is 0 Å². The third-order valence-electron chi connectivity index (χ3n) is 3.71. The Balaban J connectivity index is 2.22. The average molecular weight is 268 g/mol. The molecule has 0 radical (unpaired) electrons. The molecule has 1 N–H and O–H groups in total. The number of rotatable bonds is 2. The van der Waals surface area contributed by atoms with E-state index >= 15 is 0 Å². The molecule has 0 aromatic heterocycles. The number of amides is 1. The number of non-ortho nitro benzene ring substituents is 1. The highest BCUT2D eigenvalue weighted by Crippen LogP contribution is 2.38. The van der Waals surface area contributed by atoms with E-state index in [-0.39, 0.29) is 11.6 Å². The van der Waals surface area contributed by atoms with Crippen LogP contribution in [0.3, 0.4) is 0 Å². The highest BCUT2D eigenvalue weighted by atomic mass is 16.6. The minimum Gasteiger partial charge on any atom is -0.339 e. The largest absolute Gasteiger partial charge is 0.339 e. The highest BCUT2D eigenvalue weighted by molar-refractivity contribution is 6.01. The van der Waals surface area contributed by atoms with Crippen LogP contribution in [0.15, 0.2) is 48.5 Å². The molecular formula is C15H12N2O3. The molecule has 20 heavy (non-hydrogen) atoms. The van der Waals surface area contributed by atoms with Gasteiger partial charge in [-0.15, -0.1) is 0 Å². The molecule has 0 fully saturated rings. The first-order chi connectivity index (χ1) is 9.52. The Bertz CT molecular complexity index is 712. The van der Waals surface area contributed by atoms with Crippen molar-refractivity contribution in [3.05, 3.63) is 75.3 Å². The fraction of sp³-hybridized carbons (Fsp3) is 0.133. The molecule has 2 aromatic carbocycles. The van der Waals surface area contributed by atoms with E-state index in [9.17, 15) is 14.9 Å². The summed E-state index contributed by atoms with van der Waals surface area (Å²) >= 11 is 0. The van der Waals surface area contributed by atoms with Crippen LogP contribution in [0.5, 0.6) is 0 Å². The number of nitrogens with zero attached hydrogens (tertiary/aromatic N) is 1. The van der Waals surface area contributed by atoms with E-state index < -0.39 is 10.5 Å². The van der Waals surface area contributed by atoms with Gasteiger partial charge < -0.3 is 5.32 Å². The Morgan fingerprint density at radius 3 is 2.50 bits per heavy atom. The fourth-order valence-electron chi connectivity index (χ4n) is 2.62. The first-order valence-corrected chi connectivity index (χ1v) is 6.19. The van der Waals surface area contributed by atoms with Gasteiger partial charge >= 0.3 is 0 Å². The maximum atomic E-state index is 12.1. The molecule has 0 bridgehead atoms. The number of hydrogen-bond donors (Lipinski definition) is 1. The molecule has 2 aromatic rings. The zero-order valence-corrected chi connectivity index (χ0v) is 10.8. The van der Waals surface area contributed by atoms with Crippen molar-refractivity contribution in [2.75, 3.05) is 0 Å². The van der Waals surface area contributed by atoms with Gasteiger partial charge in [-0.1, -0.05) is 30.3 Å². The zero-order valence-electron chi connectivity index (χ0n) is 10.8. The molecule has 5 heteroatoms. The third-order valence-corrected chi connectivity index (χ3v) is 3.71. The summed E-state index contributed by atoms with van der Waals surface area (Å²) in [5, 5.41) is 13.8. The van der Waals surface area contributed by atoms with E-state index in [0.29, 0.717) is 11.1 Å². The molecule has 0 spiro atoms. The van der Waals surface area contributed by atoms with Crippen molar-refractivity contribution in [1.82, 2.24) is 5.32 Å². The molecule has 1 atom stereocenters. The molecule has 5 nitrogen and oxygen atoms in total. The lowest BCUT2D eigenvalue weighted by atomic mass is 9.85. The quantitative estimate of drug-likeness (QED) is 0.672. The van der Waals surface area contributed by atoms with E-state index in [1.807, 2.05) is 37.3 Å². The molecule has 1 heterocycles. The summed E-state index contributed by atoms with van der Waals surface area (Å²) in [4.78, 5) is 22.5. The van der Waals surface area contributed by atoms with Gasteiger partial charge in [-0.05, 0) is 18.6 Å². The molecule has 0 saturated carbocycles. The van der Waals surface area contributed by atoms with Crippen molar-refractivity contribution in [2.24, 2.45) is 0 Å². The Kier molecular flexibility index (Phi) is 2.57. The van der Waals surface area contributed by atoms with Crippen LogP contribution in [0.4, 0.5) is 5.69 Å². The maximum Gasteiger partial charge on any atom is 0.269 e. The zero-order chi connectivity index (χ0) is 14.3. The lowest BCUT2D eigenvalue weighted by molar-refractivity contribution is -0.384. The van der Waals surface area contributed by atoms with Crippen molar-refractivity contribution < 1.29 is 9.72 Å². The van der Waals surface area contributed by atoms with Crippen LogP contribution >= 0.6 is 0 Å². The summed E-state index contributed by atoms with van der Waals surface area (Å²) in [6.45, 7) is 1.86. The minimum absolute atomic E-state index is 0.0117. The van der Waals surface area contributed by atoms with Gasteiger partial charge in [0.25, 0.3) is 11.6 Å². The summed E-state index contributed by atoms with van der Waals surface area (Å²) in [7, 11) is 0. The Morgan fingerprint density at radius 1 is 1.15 bits per heavy atom. The van der Waals surface area contributed by atoms with Crippen LogP contribution in [0, 0.1) is 10.1 Å². The van der Waals surface area contributed by atoms with Crippen LogP contribution in [0.2, 0.25) is 0 Å². The van der Waals surface area contributed by atoms with E-state index in [2.05, 4.69) is 5.32 Å². The molecule has 1 amide bonds. The summed E-state index contributed by atoms with van der Waals surface area (Å²) in [5.41, 5.74) is 1.28. The second-order valence-corrected chi connectivity index (χ2v) is 4.93. The summed E-state index contributed by atoms with van der Waals surface area (Å²) in [5.74, 6) is -0.207. The van der Waals surface area contributed by atoms with Crippen molar-refractivity contribution in [3.63, 3.8) is 0 Å². The SMILES string of the molecule is CC1(c2ccccc2)NC(=O)c2ccc([N+](=O)[O-])cc21. The number of hydrogen-bond acceptors (Lipinski definition) is 3. The van der Waals surface area contributed by atoms with Gasteiger partial charge in [0, 0.05) is 23.3 Å². The van der Waals surface area contributed by atoms with Crippen LogP contribution < -0.4 is 5.32 Å². The second kappa shape index (κ2) is 4.16. The number of benzene rings is 2. The molecule has 0 saturated heterocycles. The minimum atomic E-state index is -0.736. The van der Waals surface area contributed by atoms with Crippen LogP contribution in [0.1, 0.15) is 28.4 Å². The first-order valence-electron chi connectivity index (χ1n) is 6.19. The lowest BCUT2D eigenvalue weighted by Crippen LogP contribution is -2.37. The lowest BCUT2D eigenvalue weighted by Gasteiger charge is -2.26. The van der Waals surface area contributed by atoms with Crippen LogP contribution in [-0.4, -0.2) is 10.8 Å². The summed E-state index contributed by atoms with van der Waals surface area (Å²) < 4.78 is 0.